The predicted molar refractivity (Wildman–Crippen MR) is 63.6 cm³/mol. The quantitative estimate of drug-likeness (QED) is 0.513. The molecule has 1 unspecified atom stereocenters. The molecule has 1 fully saturated rings. The predicted octanol–water partition coefficient (Wildman–Crippen LogP) is 0.306. The molecular weight excluding hydrogens is 260 g/mol. The minimum Gasteiger partial charge on any atom is -0.465 e. The van der Waals surface area contributed by atoms with Crippen LogP contribution in [0.3, 0.4) is 0 Å². The summed E-state index contributed by atoms with van der Waals surface area (Å²) in [6.07, 6.45) is -0.0408. The molecule has 1 rings (SSSR count). The summed E-state index contributed by atoms with van der Waals surface area (Å²) in [5.74, 6) is -1.71. The summed E-state index contributed by atoms with van der Waals surface area (Å²) in [5, 5.41) is -1.01. The minimum absolute atomic E-state index is 0.0408. The van der Waals surface area contributed by atoms with E-state index in [1.807, 2.05) is 0 Å². The van der Waals surface area contributed by atoms with Gasteiger partial charge in [-0.1, -0.05) is 6.92 Å². The van der Waals surface area contributed by atoms with Gasteiger partial charge in [0.15, 0.2) is 15.3 Å². The number of hydrogen-bond acceptors (Lipinski definition) is 6. The first kappa shape index (κ1) is 14.9. The van der Waals surface area contributed by atoms with Crippen molar-refractivity contribution in [1.29, 1.82) is 0 Å². The van der Waals surface area contributed by atoms with E-state index >= 15 is 0 Å². The first-order valence-corrected chi connectivity index (χ1v) is 7.64. The van der Waals surface area contributed by atoms with Gasteiger partial charge in [0, 0.05) is 5.75 Å². The molecule has 0 heterocycles. The van der Waals surface area contributed by atoms with Gasteiger partial charge in [0.25, 0.3) is 0 Å². The van der Waals surface area contributed by atoms with Crippen LogP contribution in [0, 0.1) is 5.41 Å². The van der Waals surface area contributed by atoms with Crippen LogP contribution in [0.2, 0.25) is 0 Å². The zero-order chi connectivity index (χ0) is 14.0. The zero-order valence-corrected chi connectivity index (χ0v) is 11.6. The molecule has 7 heteroatoms. The average molecular weight is 278 g/mol. The lowest BCUT2D eigenvalue weighted by Gasteiger charge is -2.14. The molecule has 0 aromatic rings. The second kappa shape index (κ2) is 5.26. The SMILES string of the molecule is CCOC(=O)C1(C(=O)OCC)CC1S(=O)(=O)CC. The van der Waals surface area contributed by atoms with E-state index in [4.69, 9.17) is 9.47 Å². The number of ether oxygens (including phenoxy) is 2. The maximum absolute atomic E-state index is 11.8. The molecule has 6 nitrogen and oxygen atoms in total. The van der Waals surface area contributed by atoms with E-state index < -0.39 is 32.4 Å². The van der Waals surface area contributed by atoms with Crippen LogP contribution < -0.4 is 0 Å². The molecule has 1 atom stereocenters. The fraction of sp³-hybridized carbons (Fsp3) is 0.818. The topological polar surface area (TPSA) is 86.7 Å². The monoisotopic (exact) mass is 278 g/mol. The normalized spacial score (nSPS) is 21.2. The third kappa shape index (κ3) is 2.36. The van der Waals surface area contributed by atoms with Gasteiger partial charge in [-0.3, -0.25) is 9.59 Å². The van der Waals surface area contributed by atoms with Crippen molar-refractivity contribution in [3.63, 3.8) is 0 Å². The van der Waals surface area contributed by atoms with Gasteiger partial charge >= 0.3 is 11.9 Å². The molecule has 0 aromatic heterocycles. The lowest BCUT2D eigenvalue weighted by Crippen LogP contribution is -2.35. The Morgan fingerprint density at radius 3 is 1.89 bits per heavy atom. The average Bonchev–Trinajstić information content (AvgIpc) is 3.07. The van der Waals surface area contributed by atoms with Gasteiger partial charge in [-0.2, -0.15) is 0 Å². The molecule has 1 aliphatic rings. The molecule has 0 aromatic carbocycles. The molecule has 0 aliphatic heterocycles. The zero-order valence-electron chi connectivity index (χ0n) is 10.8. The Morgan fingerprint density at radius 1 is 1.11 bits per heavy atom. The van der Waals surface area contributed by atoms with Crippen LogP contribution in [0.1, 0.15) is 27.2 Å². The number of esters is 2. The number of carbonyl (C=O) groups excluding carboxylic acids is 2. The van der Waals surface area contributed by atoms with E-state index in [2.05, 4.69) is 0 Å². The van der Waals surface area contributed by atoms with Crippen LogP contribution in [-0.2, 0) is 28.9 Å². The highest BCUT2D eigenvalue weighted by atomic mass is 32.2. The van der Waals surface area contributed by atoms with Gasteiger partial charge in [-0.15, -0.1) is 0 Å². The summed E-state index contributed by atoms with van der Waals surface area (Å²) in [4.78, 5) is 23.7. The molecular formula is C11H18O6S. The summed E-state index contributed by atoms with van der Waals surface area (Å²) in [5.41, 5.74) is -1.64. The Labute approximate surface area is 107 Å². The van der Waals surface area contributed by atoms with E-state index in [1.54, 1.807) is 13.8 Å². The molecule has 104 valence electrons. The lowest BCUT2D eigenvalue weighted by molar-refractivity contribution is -0.163. The van der Waals surface area contributed by atoms with Crippen LogP contribution in [0.25, 0.3) is 0 Å². The fourth-order valence-corrected chi connectivity index (χ4v) is 3.63. The number of sulfone groups is 1. The Hall–Kier alpha value is -1.11. The summed E-state index contributed by atoms with van der Waals surface area (Å²) in [6, 6.07) is 0. The van der Waals surface area contributed by atoms with Gasteiger partial charge in [0.1, 0.15) is 0 Å². The van der Waals surface area contributed by atoms with Gasteiger partial charge < -0.3 is 9.47 Å². The second-order valence-electron chi connectivity index (χ2n) is 4.06. The van der Waals surface area contributed by atoms with E-state index in [0.29, 0.717) is 0 Å². The van der Waals surface area contributed by atoms with Crippen LogP contribution in [0.5, 0.6) is 0 Å². The van der Waals surface area contributed by atoms with Crippen molar-refractivity contribution in [2.45, 2.75) is 32.4 Å². The van der Waals surface area contributed by atoms with Crippen molar-refractivity contribution >= 4 is 21.8 Å². The minimum atomic E-state index is -3.46. The molecule has 1 saturated carbocycles. The standard InChI is InChI=1S/C11H18O6S/c1-4-16-9(12)11(10(13)17-5-2)7-8(11)18(14,15)6-3/h8H,4-7H2,1-3H3. The Kier molecular flexibility index (Phi) is 4.37. The second-order valence-corrected chi connectivity index (χ2v) is 6.53. The molecule has 0 amide bonds. The van der Waals surface area contributed by atoms with Gasteiger partial charge in [-0.05, 0) is 20.3 Å². The van der Waals surface area contributed by atoms with E-state index in [-0.39, 0.29) is 25.4 Å². The third-order valence-corrected chi connectivity index (χ3v) is 5.25. The van der Waals surface area contributed by atoms with Crippen molar-refractivity contribution in [3.8, 4) is 0 Å². The van der Waals surface area contributed by atoms with Crippen molar-refractivity contribution in [1.82, 2.24) is 0 Å². The number of hydrogen-bond donors (Lipinski definition) is 0. The molecule has 0 spiro atoms. The maximum atomic E-state index is 11.8. The van der Waals surface area contributed by atoms with Crippen molar-refractivity contribution in [2.24, 2.45) is 5.41 Å². The van der Waals surface area contributed by atoms with E-state index in [0.717, 1.165) is 0 Å². The highest BCUT2D eigenvalue weighted by molar-refractivity contribution is 7.92. The van der Waals surface area contributed by atoms with Crippen molar-refractivity contribution in [2.75, 3.05) is 19.0 Å². The Bertz CT molecular complexity index is 420. The summed E-state index contributed by atoms with van der Waals surface area (Å²) in [7, 11) is -3.46. The summed E-state index contributed by atoms with van der Waals surface area (Å²) in [6.45, 7) is 4.87. The molecule has 0 N–H and O–H groups in total. The summed E-state index contributed by atoms with van der Waals surface area (Å²) < 4.78 is 33.2. The number of rotatable bonds is 6. The van der Waals surface area contributed by atoms with Crippen LogP contribution >= 0.6 is 0 Å². The van der Waals surface area contributed by atoms with Crippen molar-refractivity contribution in [3.05, 3.63) is 0 Å². The van der Waals surface area contributed by atoms with Crippen LogP contribution in [0.4, 0.5) is 0 Å². The van der Waals surface area contributed by atoms with Crippen LogP contribution in [0.15, 0.2) is 0 Å². The molecule has 18 heavy (non-hydrogen) atoms. The van der Waals surface area contributed by atoms with Gasteiger partial charge in [0.05, 0.1) is 18.5 Å². The Balaban J connectivity index is 3.02. The van der Waals surface area contributed by atoms with Gasteiger partial charge in [0.2, 0.25) is 0 Å². The van der Waals surface area contributed by atoms with E-state index in [9.17, 15) is 18.0 Å². The first-order chi connectivity index (χ1) is 8.36. The summed E-state index contributed by atoms with van der Waals surface area (Å²) >= 11 is 0. The van der Waals surface area contributed by atoms with Gasteiger partial charge in [-0.25, -0.2) is 8.42 Å². The highest BCUT2D eigenvalue weighted by Gasteiger charge is 2.73. The third-order valence-electron chi connectivity index (χ3n) is 3.01. The first-order valence-electron chi connectivity index (χ1n) is 5.92. The maximum Gasteiger partial charge on any atom is 0.324 e. The molecule has 0 radical (unpaired) electrons. The largest absolute Gasteiger partial charge is 0.465 e. The van der Waals surface area contributed by atoms with Crippen molar-refractivity contribution < 1.29 is 27.5 Å². The molecule has 1 aliphatic carbocycles. The highest BCUT2D eigenvalue weighted by Crippen LogP contribution is 2.53. The smallest absolute Gasteiger partial charge is 0.324 e. The lowest BCUT2D eigenvalue weighted by atomic mass is 10.1. The molecule has 0 saturated heterocycles. The van der Waals surface area contributed by atoms with E-state index in [1.165, 1.54) is 6.92 Å². The fourth-order valence-electron chi connectivity index (χ4n) is 1.90. The molecule has 0 bridgehead atoms. The Morgan fingerprint density at radius 2 is 1.56 bits per heavy atom. The van der Waals surface area contributed by atoms with Crippen LogP contribution in [-0.4, -0.2) is 44.6 Å². The number of carbonyl (C=O) groups is 2.